The van der Waals surface area contributed by atoms with Crippen LogP contribution in [0.3, 0.4) is 0 Å². The second kappa shape index (κ2) is 7.09. The second-order valence-corrected chi connectivity index (χ2v) is 6.44. The van der Waals surface area contributed by atoms with E-state index in [1.807, 2.05) is 24.3 Å². The largest absolute Gasteiger partial charge is 0.464 e. The van der Waals surface area contributed by atoms with Gasteiger partial charge < -0.3 is 19.6 Å². The Morgan fingerprint density at radius 3 is 2.91 bits per heavy atom. The Morgan fingerprint density at radius 2 is 2.18 bits per heavy atom. The van der Waals surface area contributed by atoms with Gasteiger partial charge in [0.25, 0.3) is 0 Å². The molecular weight excluding hydrogens is 302 g/mol. The van der Waals surface area contributed by atoms with Crippen LogP contribution in [-0.2, 0) is 9.53 Å². The third-order valence-electron chi connectivity index (χ3n) is 3.78. The first-order valence-corrected chi connectivity index (χ1v) is 8.23. The van der Waals surface area contributed by atoms with Crippen molar-refractivity contribution in [2.45, 2.75) is 18.9 Å². The Morgan fingerprint density at radius 1 is 1.36 bits per heavy atom. The maximum atomic E-state index is 12.0. The van der Waals surface area contributed by atoms with Crippen LogP contribution in [0, 0.1) is 5.92 Å². The van der Waals surface area contributed by atoms with Crippen molar-refractivity contribution in [2.75, 3.05) is 19.8 Å². The summed E-state index contributed by atoms with van der Waals surface area (Å²) in [5.41, 5.74) is 0. The van der Waals surface area contributed by atoms with Crippen LogP contribution in [0.2, 0.25) is 0 Å². The van der Waals surface area contributed by atoms with Gasteiger partial charge in [-0.3, -0.25) is 4.79 Å². The zero-order valence-electron chi connectivity index (χ0n) is 12.2. The molecule has 0 spiro atoms. The zero-order valence-corrected chi connectivity index (χ0v) is 13.0. The lowest BCUT2D eigenvalue weighted by atomic mass is 9.99. The number of furan rings is 1. The van der Waals surface area contributed by atoms with Gasteiger partial charge in [0.15, 0.2) is 0 Å². The average Bonchev–Trinajstić information content (AvgIpc) is 3.23. The van der Waals surface area contributed by atoms with Crippen LogP contribution in [0.25, 0.3) is 10.6 Å². The van der Waals surface area contributed by atoms with Gasteiger partial charge in [-0.25, -0.2) is 0 Å². The maximum Gasteiger partial charge on any atom is 0.223 e. The molecule has 22 heavy (non-hydrogen) atoms. The molecule has 0 saturated carbocycles. The summed E-state index contributed by atoms with van der Waals surface area (Å²) in [5.74, 6) is 0.794. The summed E-state index contributed by atoms with van der Waals surface area (Å²) in [6.45, 7) is 1.50. The van der Waals surface area contributed by atoms with Crippen molar-refractivity contribution in [1.29, 1.82) is 0 Å². The van der Waals surface area contributed by atoms with E-state index >= 15 is 0 Å². The van der Waals surface area contributed by atoms with Gasteiger partial charge >= 0.3 is 0 Å². The van der Waals surface area contributed by atoms with E-state index in [0.29, 0.717) is 13.2 Å². The number of carbonyl (C=O) groups is 1. The average molecular weight is 321 g/mol. The molecule has 1 amide bonds. The lowest BCUT2D eigenvalue weighted by Gasteiger charge is -2.21. The fraction of sp³-hybridized carbons (Fsp3) is 0.438. The topological polar surface area (TPSA) is 71.7 Å². The summed E-state index contributed by atoms with van der Waals surface area (Å²) < 4.78 is 10.6. The summed E-state index contributed by atoms with van der Waals surface area (Å²) in [4.78, 5) is 13.8. The zero-order chi connectivity index (χ0) is 15.4. The first kappa shape index (κ1) is 15.3. The number of hydrogen-bond acceptors (Lipinski definition) is 5. The number of amides is 1. The van der Waals surface area contributed by atoms with Crippen molar-refractivity contribution in [1.82, 2.24) is 5.32 Å². The van der Waals surface area contributed by atoms with E-state index in [0.717, 1.165) is 28.4 Å². The molecule has 3 rings (SSSR count). The van der Waals surface area contributed by atoms with Gasteiger partial charge in [-0.1, -0.05) is 0 Å². The lowest BCUT2D eigenvalue weighted by Crippen LogP contribution is -2.36. The molecule has 0 bridgehead atoms. The van der Waals surface area contributed by atoms with Crippen molar-refractivity contribution in [3.8, 4) is 10.6 Å². The predicted molar refractivity (Wildman–Crippen MR) is 83.5 cm³/mol. The summed E-state index contributed by atoms with van der Waals surface area (Å²) in [6, 6.07) is 7.50. The smallest absolute Gasteiger partial charge is 0.223 e. The molecule has 118 valence electrons. The highest BCUT2D eigenvalue weighted by atomic mass is 32.1. The number of nitrogens with one attached hydrogen (secondary N) is 1. The van der Waals surface area contributed by atoms with Crippen molar-refractivity contribution >= 4 is 17.2 Å². The molecule has 5 nitrogen and oxygen atoms in total. The Hall–Kier alpha value is -1.63. The molecule has 2 aromatic heterocycles. The van der Waals surface area contributed by atoms with Crippen molar-refractivity contribution in [3.63, 3.8) is 0 Å². The maximum absolute atomic E-state index is 12.0. The van der Waals surface area contributed by atoms with Crippen LogP contribution < -0.4 is 5.32 Å². The number of aliphatic hydroxyl groups excluding tert-OH is 1. The molecule has 2 N–H and O–H groups in total. The fourth-order valence-electron chi connectivity index (χ4n) is 2.49. The summed E-state index contributed by atoms with van der Waals surface area (Å²) in [5, 5.41) is 13.1. The van der Waals surface area contributed by atoms with Gasteiger partial charge in [-0.05, 0) is 37.1 Å². The van der Waals surface area contributed by atoms with Gasteiger partial charge in [0, 0.05) is 30.6 Å². The van der Waals surface area contributed by atoms with E-state index in [9.17, 15) is 9.90 Å². The summed E-state index contributed by atoms with van der Waals surface area (Å²) in [6.07, 6.45) is 2.43. The number of ether oxygens (including phenoxy) is 1. The molecule has 0 radical (unpaired) electrons. The van der Waals surface area contributed by atoms with Crippen molar-refractivity contribution in [2.24, 2.45) is 5.92 Å². The Balaban J connectivity index is 1.53. The van der Waals surface area contributed by atoms with Crippen LogP contribution in [0.4, 0.5) is 0 Å². The molecule has 6 heteroatoms. The monoisotopic (exact) mass is 321 g/mol. The predicted octanol–water partition coefficient (Wildman–Crippen LogP) is 2.58. The number of rotatable bonds is 5. The van der Waals surface area contributed by atoms with Crippen LogP contribution in [-0.4, -0.2) is 30.8 Å². The van der Waals surface area contributed by atoms with Gasteiger partial charge in [-0.15, -0.1) is 11.3 Å². The molecule has 1 atom stereocenters. The van der Waals surface area contributed by atoms with Gasteiger partial charge in [0.2, 0.25) is 5.91 Å². The lowest BCUT2D eigenvalue weighted by molar-refractivity contribution is -0.128. The Labute approximate surface area is 132 Å². The first-order valence-electron chi connectivity index (χ1n) is 7.41. The molecule has 1 saturated heterocycles. The highest BCUT2D eigenvalue weighted by Gasteiger charge is 2.22. The molecule has 0 aliphatic carbocycles. The molecule has 1 aliphatic heterocycles. The Bertz CT molecular complexity index is 601. The third-order valence-corrected chi connectivity index (χ3v) is 4.98. The van der Waals surface area contributed by atoms with Crippen LogP contribution in [0.5, 0.6) is 0 Å². The van der Waals surface area contributed by atoms with E-state index in [2.05, 4.69) is 5.32 Å². The number of aliphatic hydroxyl groups is 1. The van der Waals surface area contributed by atoms with Crippen LogP contribution in [0.15, 0.2) is 34.9 Å². The van der Waals surface area contributed by atoms with Crippen LogP contribution >= 0.6 is 11.3 Å². The van der Waals surface area contributed by atoms with E-state index in [1.165, 1.54) is 11.3 Å². The standard InChI is InChI=1S/C16H19NO4S/c18-12(10-17-16(19)11-5-8-20-9-6-11)14-3-4-15(22-14)13-2-1-7-21-13/h1-4,7,11-12,18H,5-6,8-10H2,(H,17,19). The molecule has 0 aromatic carbocycles. The molecule has 3 heterocycles. The first-order chi connectivity index (χ1) is 10.7. The molecule has 2 aromatic rings. The highest BCUT2D eigenvalue weighted by Crippen LogP contribution is 2.31. The van der Waals surface area contributed by atoms with Crippen molar-refractivity contribution < 1.29 is 19.1 Å². The SMILES string of the molecule is O=C(NCC(O)c1ccc(-c2ccco2)s1)C1CCOCC1. The fourth-order valence-corrected chi connectivity index (χ4v) is 3.45. The second-order valence-electron chi connectivity index (χ2n) is 5.33. The quantitative estimate of drug-likeness (QED) is 0.888. The minimum Gasteiger partial charge on any atom is -0.464 e. The van der Waals surface area contributed by atoms with Gasteiger partial charge in [0.05, 0.1) is 11.1 Å². The van der Waals surface area contributed by atoms with E-state index in [1.54, 1.807) is 6.26 Å². The molecule has 1 aliphatic rings. The molecule has 1 unspecified atom stereocenters. The minimum absolute atomic E-state index is 0.00275. The van der Waals surface area contributed by atoms with E-state index in [-0.39, 0.29) is 18.4 Å². The van der Waals surface area contributed by atoms with Crippen LogP contribution in [0.1, 0.15) is 23.8 Å². The highest BCUT2D eigenvalue weighted by molar-refractivity contribution is 7.15. The molecule has 1 fully saturated rings. The number of carbonyl (C=O) groups excluding carboxylic acids is 1. The van der Waals surface area contributed by atoms with Gasteiger partial charge in [-0.2, -0.15) is 0 Å². The minimum atomic E-state index is -0.697. The number of thiophene rings is 1. The van der Waals surface area contributed by atoms with Gasteiger partial charge in [0.1, 0.15) is 11.9 Å². The molecular formula is C16H19NO4S. The summed E-state index contributed by atoms with van der Waals surface area (Å²) in [7, 11) is 0. The van der Waals surface area contributed by atoms with E-state index < -0.39 is 6.10 Å². The Kier molecular flexibility index (Phi) is 4.92. The normalized spacial score (nSPS) is 17.3. The van der Waals surface area contributed by atoms with Crippen molar-refractivity contribution in [3.05, 3.63) is 35.4 Å². The number of hydrogen-bond donors (Lipinski definition) is 2. The van der Waals surface area contributed by atoms with E-state index in [4.69, 9.17) is 9.15 Å². The third kappa shape index (κ3) is 3.58. The summed E-state index contributed by atoms with van der Waals surface area (Å²) >= 11 is 1.47.